The summed E-state index contributed by atoms with van der Waals surface area (Å²) in [6.07, 6.45) is 1.77. The SMILES string of the molecule is CC1(C)CCCN1S(=O)(=O)c1ccc(Br)cc1N. The van der Waals surface area contributed by atoms with Crippen molar-refractivity contribution >= 4 is 31.6 Å². The maximum Gasteiger partial charge on any atom is 0.245 e. The van der Waals surface area contributed by atoms with Crippen molar-refractivity contribution in [2.24, 2.45) is 0 Å². The Bertz CT molecular complexity index is 569. The molecule has 0 amide bonds. The Morgan fingerprint density at radius 1 is 1.39 bits per heavy atom. The quantitative estimate of drug-likeness (QED) is 0.846. The molecule has 2 N–H and O–H groups in total. The summed E-state index contributed by atoms with van der Waals surface area (Å²) in [6.45, 7) is 4.46. The van der Waals surface area contributed by atoms with E-state index < -0.39 is 10.0 Å². The standard InChI is InChI=1S/C12H17BrN2O2S/c1-12(2)6-3-7-15(12)18(16,17)11-5-4-9(13)8-10(11)14/h4-5,8H,3,6-7,14H2,1-2H3. The number of halogens is 1. The predicted molar refractivity (Wildman–Crippen MR) is 75.8 cm³/mol. The molecule has 6 heteroatoms. The molecule has 0 atom stereocenters. The Kier molecular flexibility index (Phi) is 3.46. The molecule has 1 fully saturated rings. The normalized spacial score (nSPS) is 20.2. The summed E-state index contributed by atoms with van der Waals surface area (Å²) in [5.41, 5.74) is 5.78. The van der Waals surface area contributed by atoms with Gasteiger partial charge in [0.2, 0.25) is 10.0 Å². The molecular formula is C12H17BrN2O2S. The first-order chi connectivity index (χ1) is 8.25. The lowest BCUT2D eigenvalue weighted by molar-refractivity contribution is 0.292. The summed E-state index contributed by atoms with van der Waals surface area (Å²) in [4.78, 5) is 0.195. The Morgan fingerprint density at radius 2 is 2.06 bits per heavy atom. The zero-order valence-electron chi connectivity index (χ0n) is 10.5. The molecular weight excluding hydrogens is 316 g/mol. The molecule has 100 valence electrons. The molecule has 0 aliphatic carbocycles. The number of benzene rings is 1. The molecule has 0 radical (unpaired) electrons. The van der Waals surface area contributed by atoms with E-state index in [9.17, 15) is 8.42 Å². The van der Waals surface area contributed by atoms with Gasteiger partial charge in [0, 0.05) is 16.6 Å². The van der Waals surface area contributed by atoms with E-state index in [0.717, 1.165) is 17.3 Å². The summed E-state index contributed by atoms with van der Waals surface area (Å²) >= 11 is 3.28. The van der Waals surface area contributed by atoms with Crippen molar-refractivity contribution in [2.45, 2.75) is 37.1 Å². The molecule has 0 unspecified atom stereocenters. The number of sulfonamides is 1. The number of hydrogen-bond donors (Lipinski definition) is 1. The highest BCUT2D eigenvalue weighted by Gasteiger charge is 2.41. The highest BCUT2D eigenvalue weighted by atomic mass is 79.9. The first-order valence-corrected chi connectivity index (χ1v) is 8.06. The van der Waals surface area contributed by atoms with Gasteiger partial charge in [-0.1, -0.05) is 15.9 Å². The molecule has 1 heterocycles. The van der Waals surface area contributed by atoms with Gasteiger partial charge in [0.05, 0.1) is 5.69 Å². The third kappa shape index (κ3) is 2.29. The number of hydrogen-bond acceptors (Lipinski definition) is 3. The van der Waals surface area contributed by atoms with E-state index in [0.29, 0.717) is 6.54 Å². The fourth-order valence-electron chi connectivity index (χ4n) is 2.40. The lowest BCUT2D eigenvalue weighted by atomic mass is 10.0. The second kappa shape index (κ2) is 4.51. The maximum atomic E-state index is 12.6. The minimum Gasteiger partial charge on any atom is -0.398 e. The zero-order valence-corrected chi connectivity index (χ0v) is 12.9. The van der Waals surface area contributed by atoms with Crippen molar-refractivity contribution in [2.75, 3.05) is 12.3 Å². The lowest BCUT2D eigenvalue weighted by Gasteiger charge is -2.30. The van der Waals surface area contributed by atoms with Gasteiger partial charge in [-0.15, -0.1) is 0 Å². The van der Waals surface area contributed by atoms with Crippen LogP contribution in [0.3, 0.4) is 0 Å². The van der Waals surface area contributed by atoms with Crippen molar-refractivity contribution in [3.8, 4) is 0 Å². The topological polar surface area (TPSA) is 63.4 Å². The molecule has 1 aliphatic heterocycles. The fourth-order valence-corrected chi connectivity index (χ4v) is 4.73. The second-order valence-corrected chi connectivity index (χ2v) is 7.92. The van der Waals surface area contributed by atoms with Crippen LogP contribution in [0.4, 0.5) is 5.69 Å². The van der Waals surface area contributed by atoms with Crippen LogP contribution in [0.25, 0.3) is 0 Å². The average Bonchev–Trinajstić information content (AvgIpc) is 2.58. The average molecular weight is 333 g/mol. The molecule has 0 saturated carbocycles. The number of nitrogens with two attached hydrogens (primary N) is 1. The van der Waals surface area contributed by atoms with E-state index in [1.165, 1.54) is 0 Å². The predicted octanol–water partition coefficient (Wildman–Crippen LogP) is 2.59. The van der Waals surface area contributed by atoms with Crippen LogP contribution in [0, 0.1) is 0 Å². The highest BCUT2D eigenvalue weighted by molar-refractivity contribution is 9.10. The third-order valence-electron chi connectivity index (χ3n) is 3.36. The summed E-state index contributed by atoms with van der Waals surface area (Å²) in [7, 11) is -3.51. The second-order valence-electron chi connectivity index (χ2n) is 5.18. The van der Waals surface area contributed by atoms with Gasteiger partial charge in [0.1, 0.15) is 4.90 Å². The van der Waals surface area contributed by atoms with Crippen LogP contribution in [0.1, 0.15) is 26.7 Å². The van der Waals surface area contributed by atoms with E-state index >= 15 is 0 Å². The molecule has 18 heavy (non-hydrogen) atoms. The largest absolute Gasteiger partial charge is 0.398 e. The Labute approximate surface area is 116 Å². The van der Waals surface area contributed by atoms with Crippen LogP contribution in [-0.2, 0) is 10.0 Å². The minimum atomic E-state index is -3.51. The van der Waals surface area contributed by atoms with E-state index in [1.807, 2.05) is 13.8 Å². The van der Waals surface area contributed by atoms with Gasteiger partial charge in [0.15, 0.2) is 0 Å². The van der Waals surface area contributed by atoms with Crippen molar-refractivity contribution < 1.29 is 8.42 Å². The molecule has 1 aliphatic rings. The van der Waals surface area contributed by atoms with Crippen molar-refractivity contribution in [1.29, 1.82) is 0 Å². The number of nitrogens with zero attached hydrogens (tertiary/aromatic N) is 1. The van der Waals surface area contributed by atoms with E-state index in [-0.39, 0.29) is 16.1 Å². The highest BCUT2D eigenvalue weighted by Crippen LogP contribution is 2.35. The van der Waals surface area contributed by atoms with E-state index in [1.54, 1.807) is 22.5 Å². The molecule has 0 aromatic heterocycles. The van der Waals surface area contributed by atoms with Crippen molar-refractivity contribution in [3.05, 3.63) is 22.7 Å². The van der Waals surface area contributed by atoms with Crippen LogP contribution in [-0.4, -0.2) is 24.8 Å². The van der Waals surface area contributed by atoms with Crippen molar-refractivity contribution in [1.82, 2.24) is 4.31 Å². The minimum absolute atomic E-state index is 0.195. The summed E-state index contributed by atoms with van der Waals surface area (Å²) in [6, 6.07) is 4.88. The van der Waals surface area contributed by atoms with Gasteiger partial charge < -0.3 is 5.73 Å². The number of rotatable bonds is 2. The van der Waals surface area contributed by atoms with Gasteiger partial charge in [0.25, 0.3) is 0 Å². The van der Waals surface area contributed by atoms with Gasteiger partial charge in [-0.25, -0.2) is 8.42 Å². The Hall–Kier alpha value is -0.590. The molecule has 0 spiro atoms. The van der Waals surface area contributed by atoms with Gasteiger partial charge in [-0.05, 0) is 44.9 Å². The number of anilines is 1. The Balaban J connectivity index is 2.49. The molecule has 4 nitrogen and oxygen atoms in total. The third-order valence-corrected chi connectivity index (χ3v) is 6.04. The molecule has 2 rings (SSSR count). The van der Waals surface area contributed by atoms with E-state index in [2.05, 4.69) is 15.9 Å². The fraction of sp³-hybridized carbons (Fsp3) is 0.500. The molecule has 1 aromatic rings. The van der Waals surface area contributed by atoms with Crippen molar-refractivity contribution in [3.63, 3.8) is 0 Å². The van der Waals surface area contributed by atoms with Gasteiger partial charge >= 0.3 is 0 Å². The Morgan fingerprint density at radius 3 is 2.56 bits per heavy atom. The summed E-state index contributed by atoms with van der Waals surface area (Å²) in [5, 5.41) is 0. The summed E-state index contributed by atoms with van der Waals surface area (Å²) < 4.78 is 27.6. The van der Waals surface area contributed by atoms with Crippen LogP contribution >= 0.6 is 15.9 Å². The van der Waals surface area contributed by atoms with Crippen LogP contribution in [0.5, 0.6) is 0 Å². The number of nitrogen functional groups attached to an aromatic ring is 1. The summed E-state index contributed by atoms with van der Waals surface area (Å²) in [5.74, 6) is 0. The maximum absolute atomic E-state index is 12.6. The monoisotopic (exact) mass is 332 g/mol. The van der Waals surface area contributed by atoms with Gasteiger partial charge in [-0.3, -0.25) is 0 Å². The molecule has 1 aromatic carbocycles. The first kappa shape index (κ1) is 13.8. The zero-order chi connectivity index (χ0) is 13.6. The van der Waals surface area contributed by atoms with Crippen LogP contribution < -0.4 is 5.73 Å². The first-order valence-electron chi connectivity index (χ1n) is 5.83. The smallest absolute Gasteiger partial charge is 0.245 e. The van der Waals surface area contributed by atoms with Gasteiger partial charge in [-0.2, -0.15) is 4.31 Å². The van der Waals surface area contributed by atoms with Crippen LogP contribution in [0.2, 0.25) is 0 Å². The van der Waals surface area contributed by atoms with Crippen LogP contribution in [0.15, 0.2) is 27.6 Å². The molecule has 1 saturated heterocycles. The molecule has 0 bridgehead atoms. The van der Waals surface area contributed by atoms with E-state index in [4.69, 9.17) is 5.73 Å². The lowest BCUT2D eigenvalue weighted by Crippen LogP contribution is -2.42.